The summed E-state index contributed by atoms with van der Waals surface area (Å²) >= 11 is 0. The molecule has 0 saturated heterocycles. The summed E-state index contributed by atoms with van der Waals surface area (Å²) in [5.41, 5.74) is 2.93. The average molecular weight is 427 g/mol. The zero-order valence-electron chi connectivity index (χ0n) is 19.1. The minimum Gasteiger partial charge on any atom is -0.381 e. The van der Waals surface area contributed by atoms with E-state index in [4.69, 9.17) is 9.73 Å². The van der Waals surface area contributed by atoms with Crippen molar-refractivity contribution in [3.8, 4) is 0 Å². The number of rotatable bonds is 12. The van der Waals surface area contributed by atoms with Gasteiger partial charge in [-0.25, -0.2) is 0 Å². The number of guanidine groups is 1. The third-order valence-electron chi connectivity index (χ3n) is 5.70. The first-order chi connectivity index (χ1) is 15.3. The Balaban J connectivity index is 1.51. The molecular formula is C24H38N6O. The summed E-state index contributed by atoms with van der Waals surface area (Å²) in [4.78, 5) is 4.83. The Morgan fingerprint density at radius 2 is 2.03 bits per heavy atom. The van der Waals surface area contributed by atoms with E-state index in [9.17, 15) is 0 Å². The zero-order valence-corrected chi connectivity index (χ0v) is 19.1. The minimum atomic E-state index is 0.406. The van der Waals surface area contributed by atoms with Crippen LogP contribution in [0.25, 0.3) is 0 Å². The largest absolute Gasteiger partial charge is 0.381 e. The maximum atomic E-state index is 5.67. The van der Waals surface area contributed by atoms with Crippen LogP contribution in [0.2, 0.25) is 0 Å². The molecule has 0 bridgehead atoms. The molecule has 1 atom stereocenters. The highest BCUT2D eigenvalue weighted by molar-refractivity contribution is 5.80. The van der Waals surface area contributed by atoms with Crippen LogP contribution in [-0.2, 0) is 30.5 Å². The number of nitrogens with one attached hydrogen (secondary N) is 2. The van der Waals surface area contributed by atoms with Gasteiger partial charge in [0.05, 0.1) is 0 Å². The van der Waals surface area contributed by atoms with Gasteiger partial charge in [-0.15, -0.1) is 10.2 Å². The number of hydrogen-bond donors (Lipinski definition) is 2. The highest BCUT2D eigenvalue weighted by atomic mass is 16.5. The van der Waals surface area contributed by atoms with Crippen LogP contribution in [0, 0.1) is 0 Å². The molecule has 31 heavy (non-hydrogen) atoms. The molecule has 0 amide bonds. The van der Waals surface area contributed by atoms with Crippen LogP contribution in [0.1, 0.15) is 56.5 Å². The molecule has 2 aromatic rings. The Kier molecular flexibility index (Phi) is 9.83. The monoisotopic (exact) mass is 426 g/mol. The number of ether oxygens (including phenoxy) is 1. The predicted octanol–water partition coefficient (Wildman–Crippen LogP) is 3.14. The van der Waals surface area contributed by atoms with Crippen molar-refractivity contribution in [2.45, 2.75) is 71.4 Å². The Morgan fingerprint density at radius 1 is 1.19 bits per heavy atom. The molecule has 170 valence electrons. The summed E-state index contributed by atoms with van der Waals surface area (Å²) < 4.78 is 7.77. The molecule has 1 aliphatic carbocycles. The molecule has 1 aromatic carbocycles. The van der Waals surface area contributed by atoms with Gasteiger partial charge in [0, 0.05) is 45.3 Å². The van der Waals surface area contributed by atoms with Gasteiger partial charge in [0.2, 0.25) is 0 Å². The van der Waals surface area contributed by atoms with Crippen molar-refractivity contribution < 1.29 is 4.74 Å². The fraction of sp³-hybridized carbons (Fsp3) is 0.625. The van der Waals surface area contributed by atoms with Gasteiger partial charge in [-0.1, -0.05) is 44.5 Å². The maximum Gasteiger partial charge on any atom is 0.191 e. The molecule has 1 heterocycles. The standard InChI is InChI=1S/C24H38N6O/c1-3-5-16-31-17-8-13-25-24(26-14-15-30-19-27-29-23(30)4-2)28-22-12-11-20-9-6-7-10-21(20)18-22/h6-7,9-10,19,22H,3-5,8,11-18H2,1-2H3,(H2,25,26,28). The van der Waals surface area contributed by atoms with E-state index < -0.39 is 0 Å². The fourth-order valence-corrected chi connectivity index (χ4v) is 3.91. The van der Waals surface area contributed by atoms with Crippen LogP contribution >= 0.6 is 0 Å². The van der Waals surface area contributed by atoms with E-state index in [2.05, 4.69) is 63.5 Å². The quantitative estimate of drug-likeness (QED) is 0.310. The van der Waals surface area contributed by atoms with Crippen molar-refractivity contribution >= 4 is 5.96 Å². The van der Waals surface area contributed by atoms with E-state index in [0.717, 1.165) is 83.2 Å². The third-order valence-corrected chi connectivity index (χ3v) is 5.70. The first kappa shape index (κ1) is 23.3. The number of nitrogens with zero attached hydrogens (tertiary/aromatic N) is 4. The Bertz CT molecular complexity index is 803. The summed E-state index contributed by atoms with van der Waals surface area (Å²) in [6, 6.07) is 9.18. The molecule has 1 aliphatic rings. The lowest BCUT2D eigenvalue weighted by atomic mass is 9.88. The van der Waals surface area contributed by atoms with E-state index in [-0.39, 0.29) is 0 Å². The highest BCUT2D eigenvalue weighted by Crippen LogP contribution is 2.20. The van der Waals surface area contributed by atoms with Crippen LogP contribution in [0.3, 0.4) is 0 Å². The van der Waals surface area contributed by atoms with Gasteiger partial charge in [-0.2, -0.15) is 0 Å². The topological polar surface area (TPSA) is 76.4 Å². The predicted molar refractivity (Wildman–Crippen MR) is 125 cm³/mol. The SMILES string of the molecule is CCCCOCCCN=C(NCCn1cnnc1CC)NC1CCc2ccccc2C1. The van der Waals surface area contributed by atoms with Gasteiger partial charge in [0.1, 0.15) is 12.2 Å². The Labute approximate surface area is 186 Å². The first-order valence-electron chi connectivity index (χ1n) is 11.9. The molecule has 7 nitrogen and oxygen atoms in total. The van der Waals surface area contributed by atoms with Crippen LogP contribution < -0.4 is 10.6 Å². The minimum absolute atomic E-state index is 0.406. The number of hydrogen-bond acceptors (Lipinski definition) is 4. The summed E-state index contributed by atoms with van der Waals surface area (Å²) in [6.07, 6.45) is 9.22. The van der Waals surface area contributed by atoms with Gasteiger partial charge in [-0.3, -0.25) is 4.99 Å². The smallest absolute Gasteiger partial charge is 0.191 e. The Hall–Kier alpha value is -2.41. The van der Waals surface area contributed by atoms with Crippen molar-refractivity contribution in [1.29, 1.82) is 0 Å². The lowest BCUT2D eigenvalue weighted by molar-refractivity contribution is 0.130. The van der Waals surface area contributed by atoms with Crippen molar-refractivity contribution in [2.24, 2.45) is 4.99 Å². The van der Waals surface area contributed by atoms with E-state index in [1.807, 2.05) is 0 Å². The van der Waals surface area contributed by atoms with E-state index >= 15 is 0 Å². The molecule has 3 rings (SSSR count). The van der Waals surface area contributed by atoms with Gasteiger partial charge < -0.3 is 19.9 Å². The second kappa shape index (κ2) is 13.1. The molecule has 0 aliphatic heterocycles. The molecule has 7 heteroatoms. The number of aryl methyl sites for hydroxylation is 2. The number of fused-ring (bicyclic) bond motifs is 1. The third kappa shape index (κ3) is 7.65. The Morgan fingerprint density at radius 3 is 2.87 bits per heavy atom. The van der Waals surface area contributed by atoms with Crippen LogP contribution in [0.5, 0.6) is 0 Å². The van der Waals surface area contributed by atoms with Crippen molar-refractivity contribution in [3.05, 3.63) is 47.5 Å². The summed E-state index contributed by atoms with van der Waals surface area (Å²) in [5, 5.41) is 15.4. The average Bonchev–Trinajstić information content (AvgIpc) is 3.25. The van der Waals surface area contributed by atoms with Crippen LogP contribution in [-0.4, -0.2) is 53.1 Å². The molecule has 0 saturated carbocycles. The van der Waals surface area contributed by atoms with Gasteiger partial charge in [0.15, 0.2) is 5.96 Å². The fourth-order valence-electron chi connectivity index (χ4n) is 3.91. The molecular weight excluding hydrogens is 388 g/mol. The van der Waals surface area contributed by atoms with Crippen LogP contribution in [0.15, 0.2) is 35.6 Å². The van der Waals surface area contributed by atoms with Crippen molar-refractivity contribution in [3.63, 3.8) is 0 Å². The maximum absolute atomic E-state index is 5.67. The van der Waals surface area contributed by atoms with Crippen LogP contribution in [0.4, 0.5) is 0 Å². The van der Waals surface area contributed by atoms with E-state index in [0.29, 0.717) is 6.04 Å². The molecule has 1 unspecified atom stereocenters. The van der Waals surface area contributed by atoms with E-state index in [1.165, 1.54) is 17.5 Å². The van der Waals surface area contributed by atoms with Gasteiger partial charge in [0.25, 0.3) is 0 Å². The van der Waals surface area contributed by atoms with Gasteiger partial charge in [-0.05, 0) is 43.2 Å². The number of unbranched alkanes of at least 4 members (excludes halogenated alkanes) is 1. The number of aromatic nitrogens is 3. The summed E-state index contributed by atoms with van der Waals surface area (Å²) in [5.74, 6) is 1.91. The number of aliphatic imine (C=N–C) groups is 1. The van der Waals surface area contributed by atoms with Crippen molar-refractivity contribution in [1.82, 2.24) is 25.4 Å². The normalized spacial score (nSPS) is 16.2. The second-order valence-electron chi connectivity index (χ2n) is 8.12. The lowest BCUT2D eigenvalue weighted by Gasteiger charge is -2.27. The molecule has 0 fully saturated rings. The number of benzene rings is 1. The summed E-state index contributed by atoms with van der Waals surface area (Å²) in [6.45, 7) is 8.28. The zero-order chi connectivity index (χ0) is 21.7. The molecule has 0 spiro atoms. The molecule has 2 N–H and O–H groups in total. The second-order valence-corrected chi connectivity index (χ2v) is 8.12. The van der Waals surface area contributed by atoms with Crippen molar-refractivity contribution in [2.75, 3.05) is 26.3 Å². The van der Waals surface area contributed by atoms with E-state index in [1.54, 1.807) is 6.33 Å². The summed E-state index contributed by atoms with van der Waals surface area (Å²) in [7, 11) is 0. The first-order valence-corrected chi connectivity index (χ1v) is 11.9. The highest BCUT2D eigenvalue weighted by Gasteiger charge is 2.19. The molecule has 1 aromatic heterocycles. The lowest BCUT2D eigenvalue weighted by Crippen LogP contribution is -2.46. The van der Waals surface area contributed by atoms with Gasteiger partial charge >= 0.3 is 0 Å². The molecule has 0 radical (unpaired) electrons.